The van der Waals surface area contributed by atoms with Crippen LogP contribution in [0.15, 0.2) is 72.7 Å². The van der Waals surface area contributed by atoms with E-state index in [1.54, 1.807) is 6.08 Å². The molecule has 1 saturated heterocycles. The highest BCUT2D eigenvalue weighted by Gasteiger charge is 2.27. The number of nitrogens with one attached hydrogen (secondary N) is 1. The minimum absolute atomic E-state index is 0.578. The summed E-state index contributed by atoms with van der Waals surface area (Å²) in [6.45, 7) is 10.5. The van der Waals surface area contributed by atoms with Gasteiger partial charge in [-0.15, -0.1) is 6.58 Å². The molecule has 3 heterocycles. The molecule has 0 spiro atoms. The van der Waals surface area contributed by atoms with Crippen molar-refractivity contribution >= 4 is 23.3 Å². The number of aromatic amines is 1. The molecule has 3 aliphatic rings. The van der Waals surface area contributed by atoms with Gasteiger partial charge in [-0.2, -0.15) is 0 Å². The molecule has 2 aromatic rings. The minimum Gasteiger partial charge on any atom is -0.345 e. The van der Waals surface area contributed by atoms with Crippen molar-refractivity contribution in [1.29, 1.82) is 0 Å². The highest BCUT2D eigenvalue weighted by molar-refractivity contribution is 6.01. The van der Waals surface area contributed by atoms with E-state index < -0.39 is 0 Å². The third-order valence-corrected chi connectivity index (χ3v) is 6.98. The zero-order valence-electron chi connectivity index (χ0n) is 20.3. The predicted octanol–water partition coefficient (Wildman–Crippen LogP) is 7.11. The van der Waals surface area contributed by atoms with Crippen molar-refractivity contribution in [2.24, 2.45) is 10.9 Å². The summed E-state index contributed by atoms with van der Waals surface area (Å²) >= 11 is 0. The zero-order valence-corrected chi connectivity index (χ0v) is 20.3. The van der Waals surface area contributed by atoms with Gasteiger partial charge in [-0.05, 0) is 81.3 Å². The summed E-state index contributed by atoms with van der Waals surface area (Å²) in [4.78, 5) is 12.6. The largest absolute Gasteiger partial charge is 0.345 e. The van der Waals surface area contributed by atoms with E-state index in [4.69, 9.17) is 4.99 Å². The molecule has 0 amide bonds. The Labute approximate surface area is 199 Å². The molecule has 0 bridgehead atoms. The smallest absolute Gasteiger partial charge is 0.154 e. The first kappa shape index (κ1) is 23.3. The van der Waals surface area contributed by atoms with Crippen LogP contribution in [-0.4, -0.2) is 35.7 Å². The lowest BCUT2D eigenvalue weighted by Crippen LogP contribution is -2.27. The third-order valence-electron chi connectivity index (χ3n) is 6.98. The molecule has 1 aromatic carbocycles. The standard InChI is InChI=1S/C26H32N4.C3H6/c1-3-30-24-14-15-27-26(24)28-18-25(30)23(17-22-5-4-16-29(22)2)21-12-10-20(11-13-21)9-8-19-6-7-19;1-3-2/h3,10-15,18-19,22,27H,1,4-9,16-17H2,2H3;3H,1H2,2H3/b25-23+;. The first-order chi connectivity index (χ1) is 16.1. The van der Waals surface area contributed by atoms with Crippen LogP contribution in [0.2, 0.25) is 0 Å². The SMILES string of the molecule is C=CC.C=CN1/C(=C(\CC2CCCN2C)c2ccc(CCC3CC3)cc2)C=Nc2[nH]ccc21. The zero-order chi connectivity index (χ0) is 23.2. The number of anilines is 1. The van der Waals surface area contributed by atoms with E-state index in [1.807, 2.05) is 25.5 Å². The van der Waals surface area contributed by atoms with Gasteiger partial charge in [0.1, 0.15) is 0 Å². The number of aromatic nitrogens is 1. The van der Waals surface area contributed by atoms with Gasteiger partial charge in [0.15, 0.2) is 5.82 Å². The molecular formula is C29H38N4. The van der Waals surface area contributed by atoms with Crippen molar-refractivity contribution in [3.05, 3.63) is 78.8 Å². The maximum absolute atomic E-state index is 4.70. The van der Waals surface area contributed by atoms with E-state index in [0.29, 0.717) is 6.04 Å². The summed E-state index contributed by atoms with van der Waals surface area (Å²) in [6, 6.07) is 12.0. The van der Waals surface area contributed by atoms with Gasteiger partial charge in [-0.3, -0.25) is 0 Å². The fraction of sp³-hybridized carbons (Fsp3) is 0.414. The number of benzene rings is 1. The van der Waals surface area contributed by atoms with Crippen molar-refractivity contribution in [3.63, 3.8) is 0 Å². The molecule has 1 saturated carbocycles. The Morgan fingerprint density at radius 3 is 2.55 bits per heavy atom. The van der Waals surface area contributed by atoms with Crippen LogP contribution in [0.1, 0.15) is 56.6 Å². The van der Waals surface area contributed by atoms with E-state index >= 15 is 0 Å². The Morgan fingerprint density at radius 1 is 1.15 bits per heavy atom. The van der Waals surface area contributed by atoms with E-state index in [9.17, 15) is 0 Å². The van der Waals surface area contributed by atoms with Crippen LogP contribution in [0.3, 0.4) is 0 Å². The quantitative estimate of drug-likeness (QED) is 0.464. The van der Waals surface area contributed by atoms with Gasteiger partial charge in [-0.25, -0.2) is 4.99 Å². The number of fused-ring (bicyclic) bond motifs is 1. The predicted molar refractivity (Wildman–Crippen MR) is 142 cm³/mol. The third kappa shape index (κ3) is 5.56. The van der Waals surface area contributed by atoms with Crippen molar-refractivity contribution in [2.45, 2.75) is 57.9 Å². The van der Waals surface area contributed by atoms with Gasteiger partial charge in [0.05, 0.1) is 17.6 Å². The van der Waals surface area contributed by atoms with Crippen LogP contribution in [0.25, 0.3) is 5.57 Å². The van der Waals surface area contributed by atoms with Crippen molar-refractivity contribution < 1.29 is 0 Å². The molecule has 2 fully saturated rings. The second kappa shape index (κ2) is 10.8. The topological polar surface area (TPSA) is 34.6 Å². The molecule has 1 N–H and O–H groups in total. The van der Waals surface area contributed by atoms with Gasteiger partial charge >= 0.3 is 0 Å². The molecular weight excluding hydrogens is 404 g/mol. The maximum atomic E-state index is 4.70. The lowest BCUT2D eigenvalue weighted by Gasteiger charge is -2.29. The number of rotatable bonds is 7. The average Bonchev–Trinajstić information content (AvgIpc) is 3.38. The highest BCUT2D eigenvalue weighted by atomic mass is 15.2. The van der Waals surface area contributed by atoms with Crippen LogP contribution in [-0.2, 0) is 6.42 Å². The summed E-state index contributed by atoms with van der Waals surface area (Å²) in [5, 5.41) is 0. The Balaban J connectivity index is 0.000000821. The number of nitrogens with zero attached hydrogens (tertiary/aromatic N) is 3. The molecule has 0 radical (unpaired) electrons. The van der Waals surface area contributed by atoms with Crippen LogP contribution in [0, 0.1) is 5.92 Å². The minimum atomic E-state index is 0.578. The van der Waals surface area contributed by atoms with E-state index in [-0.39, 0.29) is 0 Å². The maximum Gasteiger partial charge on any atom is 0.154 e. The molecule has 4 nitrogen and oxygen atoms in total. The number of hydrogen-bond donors (Lipinski definition) is 1. The lowest BCUT2D eigenvalue weighted by atomic mass is 9.93. The van der Waals surface area contributed by atoms with Gasteiger partial charge in [0.25, 0.3) is 0 Å². The van der Waals surface area contributed by atoms with Crippen molar-refractivity contribution in [3.8, 4) is 0 Å². The Hall–Kier alpha value is -2.85. The molecule has 5 rings (SSSR count). The molecule has 1 atom stereocenters. The summed E-state index contributed by atoms with van der Waals surface area (Å²) in [5.41, 5.74) is 6.33. The highest BCUT2D eigenvalue weighted by Crippen LogP contribution is 2.39. The van der Waals surface area contributed by atoms with Gasteiger partial charge < -0.3 is 14.8 Å². The number of allylic oxidation sites excluding steroid dienone is 2. The number of aryl methyl sites for hydroxylation is 1. The van der Waals surface area contributed by atoms with E-state index in [2.05, 4.69) is 65.3 Å². The van der Waals surface area contributed by atoms with Crippen LogP contribution in [0.4, 0.5) is 11.5 Å². The lowest BCUT2D eigenvalue weighted by molar-refractivity contribution is 0.315. The molecule has 174 valence electrons. The number of aliphatic imine (C=N–C) groups is 1. The first-order valence-corrected chi connectivity index (χ1v) is 12.4. The first-order valence-electron chi connectivity index (χ1n) is 12.4. The van der Waals surface area contributed by atoms with Crippen molar-refractivity contribution in [2.75, 3.05) is 18.5 Å². The molecule has 4 heteroatoms. The number of H-pyrrole nitrogens is 1. The van der Waals surface area contributed by atoms with E-state index in [1.165, 1.54) is 61.8 Å². The Kier molecular flexibility index (Phi) is 7.66. The normalized spacial score (nSPS) is 21.3. The number of hydrogen-bond acceptors (Lipinski definition) is 3. The monoisotopic (exact) mass is 442 g/mol. The molecule has 1 unspecified atom stereocenters. The second-order valence-electron chi connectivity index (χ2n) is 9.45. The Morgan fingerprint density at radius 2 is 1.91 bits per heavy atom. The van der Waals surface area contributed by atoms with Crippen LogP contribution >= 0.6 is 0 Å². The van der Waals surface area contributed by atoms with Crippen LogP contribution in [0.5, 0.6) is 0 Å². The van der Waals surface area contributed by atoms with Gasteiger partial charge in [0.2, 0.25) is 0 Å². The fourth-order valence-electron chi connectivity index (χ4n) is 4.88. The second-order valence-corrected chi connectivity index (χ2v) is 9.45. The van der Waals surface area contributed by atoms with Crippen molar-refractivity contribution in [1.82, 2.24) is 9.88 Å². The summed E-state index contributed by atoms with van der Waals surface area (Å²) in [6.07, 6.45) is 16.6. The molecule has 2 aliphatic heterocycles. The molecule has 1 aliphatic carbocycles. The van der Waals surface area contributed by atoms with Gasteiger partial charge in [-0.1, -0.05) is 49.8 Å². The fourth-order valence-corrected chi connectivity index (χ4v) is 4.88. The summed E-state index contributed by atoms with van der Waals surface area (Å²) < 4.78 is 0. The van der Waals surface area contributed by atoms with Crippen LogP contribution < -0.4 is 4.90 Å². The van der Waals surface area contributed by atoms with E-state index in [0.717, 1.165) is 29.5 Å². The molecule has 33 heavy (non-hydrogen) atoms. The summed E-state index contributed by atoms with van der Waals surface area (Å²) in [5.74, 6) is 1.88. The average molecular weight is 443 g/mol. The summed E-state index contributed by atoms with van der Waals surface area (Å²) in [7, 11) is 2.26. The van der Waals surface area contributed by atoms with Gasteiger partial charge in [0, 0.05) is 18.4 Å². The molecule has 1 aromatic heterocycles. The number of likely N-dealkylation sites (tertiary alicyclic amines) is 1. The Bertz CT molecular complexity index is 1010.